The quantitative estimate of drug-likeness (QED) is 0.261. The summed E-state index contributed by atoms with van der Waals surface area (Å²) in [4.78, 5) is 10.4. The molecule has 24 heavy (non-hydrogen) atoms. The molecule has 0 aromatic rings. The Labute approximate surface area is 140 Å². The third kappa shape index (κ3) is 8.85. The summed E-state index contributed by atoms with van der Waals surface area (Å²) in [5, 5.41) is 28.3. The molecule has 1 fully saturated rings. The van der Waals surface area contributed by atoms with Crippen LogP contribution in [0.15, 0.2) is 0 Å². The second-order valence-electron chi connectivity index (χ2n) is 5.19. The number of aliphatic hydroxyl groups is 3. The lowest BCUT2D eigenvalue weighted by atomic mass is 10.0. The fourth-order valence-corrected chi connectivity index (χ4v) is 2.02. The molecule has 5 N–H and O–H groups in total. The second kappa shape index (κ2) is 12.5. The van der Waals surface area contributed by atoms with Gasteiger partial charge in [0.05, 0.1) is 52.4 Å². The van der Waals surface area contributed by atoms with Gasteiger partial charge in [0.2, 0.25) is 5.91 Å². The van der Waals surface area contributed by atoms with Crippen molar-refractivity contribution < 1.29 is 43.8 Å². The van der Waals surface area contributed by atoms with E-state index in [1.54, 1.807) is 0 Å². The number of amides is 1. The molecule has 0 bridgehead atoms. The third-order valence-corrected chi connectivity index (χ3v) is 3.24. The zero-order valence-electron chi connectivity index (χ0n) is 13.5. The first-order valence-corrected chi connectivity index (χ1v) is 7.80. The first-order valence-electron chi connectivity index (χ1n) is 7.80. The molecule has 10 nitrogen and oxygen atoms in total. The summed E-state index contributed by atoms with van der Waals surface area (Å²) in [6, 6.07) is 0. The Balaban J connectivity index is 1.92. The van der Waals surface area contributed by atoms with Gasteiger partial charge in [0.15, 0.2) is 6.29 Å². The van der Waals surface area contributed by atoms with E-state index in [0.717, 1.165) is 0 Å². The molecular weight excluding hydrogens is 326 g/mol. The standard InChI is InChI=1S/C14H27NO9/c15-12(18)9-22-4-3-20-1-2-21-5-6-23-13-7-10(17)14(19)11(8-16)24-13/h10-11,13-14,16-17,19H,1-9H2,(H2,15,18)/t10-,11-,13-,14-/m1/s1. The number of carbonyl (C=O) groups excluding carboxylic acids is 1. The maximum Gasteiger partial charge on any atom is 0.243 e. The minimum absolute atomic E-state index is 0.122. The SMILES string of the molecule is NC(=O)COCCOCCOCCO[C@H]1C[C@@H](O)[C@@H](O)[C@@H](CO)O1. The van der Waals surface area contributed by atoms with Crippen molar-refractivity contribution >= 4 is 5.91 Å². The minimum atomic E-state index is -1.12. The largest absolute Gasteiger partial charge is 0.394 e. The summed E-state index contributed by atoms with van der Waals surface area (Å²) in [7, 11) is 0. The summed E-state index contributed by atoms with van der Waals surface area (Å²) in [5.74, 6) is -0.521. The molecule has 142 valence electrons. The summed E-state index contributed by atoms with van der Waals surface area (Å²) in [6.07, 6.45) is -3.53. The first-order chi connectivity index (χ1) is 11.5. The topological polar surface area (TPSA) is 150 Å². The Morgan fingerprint density at radius 2 is 1.62 bits per heavy atom. The fourth-order valence-electron chi connectivity index (χ4n) is 2.02. The molecule has 1 saturated heterocycles. The smallest absolute Gasteiger partial charge is 0.243 e. The number of aliphatic hydroxyl groups excluding tert-OH is 3. The molecule has 0 aromatic heterocycles. The molecule has 0 aromatic carbocycles. The van der Waals surface area contributed by atoms with E-state index in [1.165, 1.54) is 0 Å². The predicted molar refractivity (Wildman–Crippen MR) is 80.0 cm³/mol. The zero-order valence-corrected chi connectivity index (χ0v) is 13.5. The van der Waals surface area contributed by atoms with Crippen LogP contribution < -0.4 is 5.73 Å². The second-order valence-corrected chi connectivity index (χ2v) is 5.19. The van der Waals surface area contributed by atoms with Crippen LogP contribution in [0.2, 0.25) is 0 Å². The van der Waals surface area contributed by atoms with E-state index < -0.39 is 37.1 Å². The fraction of sp³-hybridized carbons (Fsp3) is 0.929. The molecule has 1 rings (SSSR count). The summed E-state index contributed by atoms with van der Waals surface area (Å²) < 4.78 is 26.1. The van der Waals surface area contributed by atoms with Crippen molar-refractivity contribution in [1.82, 2.24) is 0 Å². The third-order valence-electron chi connectivity index (χ3n) is 3.24. The van der Waals surface area contributed by atoms with Crippen molar-refractivity contribution in [2.45, 2.75) is 31.0 Å². The Morgan fingerprint density at radius 3 is 2.21 bits per heavy atom. The van der Waals surface area contributed by atoms with E-state index in [2.05, 4.69) is 0 Å². The van der Waals surface area contributed by atoms with Crippen LogP contribution in [0.5, 0.6) is 0 Å². The molecule has 0 spiro atoms. The molecule has 0 aliphatic carbocycles. The highest BCUT2D eigenvalue weighted by Crippen LogP contribution is 2.20. The van der Waals surface area contributed by atoms with Crippen LogP contribution in [-0.4, -0.2) is 98.7 Å². The van der Waals surface area contributed by atoms with Crippen LogP contribution in [-0.2, 0) is 28.5 Å². The summed E-state index contributed by atoms with van der Waals surface area (Å²) >= 11 is 0. The Morgan fingerprint density at radius 1 is 1.04 bits per heavy atom. The van der Waals surface area contributed by atoms with Crippen LogP contribution in [0.4, 0.5) is 0 Å². The van der Waals surface area contributed by atoms with Gasteiger partial charge in [-0.2, -0.15) is 0 Å². The molecular formula is C14H27NO9. The maximum absolute atomic E-state index is 10.4. The zero-order chi connectivity index (χ0) is 17.8. The molecule has 1 aliphatic rings. The van der Waals surface area contributed by atoms with Crippen molar-refractivity contribution in [1.29, 1.82) is 0 Å². The molecule has 0 saturated carbocycles. The molecule has 1 amide bonds. The van der Waals surface area contributed by atoms with Gasteiger partial charge < -0.3 is 44.7 Å². The molecule has 10 heteroatoms. The highest BCUT2D eigenvalue weighted by Gasteiger charge is 2.36. The Hall–Kier alpha value is -0.850. The first kappa shape index (κ1) is 21.2. The van der Waals surface area contributed by atoms with Crippen molar-refractivity contribution in [2.24, 2.45) is 5.73 Å². The summed E-state index contributed by atoms with van der Waals surface area (Å²) in [6.45, 7) is 1.40. The van der Waals surface area contributed by atoms with Gasteiger partial charge in [-0.1, -0.05) is 0 Å². The van der Waals surface area contributed by atoms with Gasteiger partial charge in [-0.3, -0.25) is 4.79 Å². The average molecular weight is 353 g/mol. The summed E-state index contributed by atoms with van der Waals surface area (Å²) in [5.41, 5.74) is 4.90. The van der Waals surface area contributed by atoms with E-state index in [1.807, 2.05) is 0 Å². The Bertz CT molecular complexity index is 344. The van der Waals surface area contributed by atoms with Crippen LogP contribution in [0.1, 0.15) is 6.42 Å². The number of hydrogen-bond acceptors (Lipinski definition) is 9. The number of ether oxygens (including phenoxy) is 5. The van der Waals surface area contributed by atoms with E-state index in [4.69, 9.17) is 34.5 Å². The van der Waals surface area contributed by atoms with Crippen LogP contribution in [0.3, 0.4) is 0 Å². The van der Waals surface area contributed by atoms with Gasteiger partial charge in [0.1, 0.15) is 18.8 Å². The molecule has 0 radical (unpaired) electrons. The number of carbonyl (C=O) groups is 1. The molecule has 4 atom stereocenters. The Kier molecular flexibility index (Phi) is 11.0. The highest BCUT2D eigenvalue weighted by molar-refractivity contribution is 5.74. The molecule has 1 heterocycles. The van der Waals surface area contributed by atoms with Crippen molar-refractivity contribution in [3.63, 3.8) is 0 Å². The molecule has 1 aliphatic heterocycles. The van der Waals surface area contributed by atoms with Crippen molar-refractivity contribution in [2.75, 3.05) is 52.9 Å². The number of hydrogen-bond donors (Lipinski definition) is 4. The average Bonchev–Trinajstić information content (AvgIpc) is 2.55. The normalized spacial score (nSPS) is 27.3. The lowest BCUT2D eigenvalue weighted by Gasteiger charge is -2.35. The van der Waals surface area contributed by atoms with Crippen LogP contribution in [0, 0.1) is 0 Å². The van der Waals surface area contributed by atoms with E-state index in [9.17, 15) is 15.0 Å². The van der Waals surface area contributed by atoms with Gasteiger partial charge in [0.25, 0.3) is 0 Å². The van der Waals surface area contributed by atoms with Gasteiger partial charge in [-0.25, -0.2) is 0 Å². The molecule has 0 unspecified atom stereocenters. The van der Waals surface area contributed by atoms with Gasteiger partial charge in [-0.05, 0) is 0 Å². The van der Waals surface area contributed by atoms with E-state index in [0.29, 0.717) is 26.4 Å². The van der Waals surface area contributed by atoms with Crippen molar-refractivity contribution in [3.8, 4) is 0 Å². The van der Waals surface area contributed by atoms with E-state index >= 15 is 0 Å². The van der Waals surface area contributed by atoms with Crippen LogP contribution in [0.25, 0.3) is 0 Å². The number of nitrogens with two attached hydrogens (primary N) is 1. The number of primary amides is 1. The van der Waals surface area contributed by atoms with Gasteiger partial charge >= 0.3 is 0 Å². The maximum atomic E-state index is 10.4. The van der Waals surface area contributed by atoms with Gasteiger partial charge in [-0.15, -0.1) is 0 Å². The lowest BCUT2D eigenvalue weighted by Crippen LogP contribution is -2.50. The predicted octanol–water partition coefficient (Wildman–Crippen LogP) is -2.63. The van der Waals surface area contributed by atoms with Gasteiger partial charge in [0, 0.05) is 6.42 Å². The number of rotatable bonds is 13. The highest BCUT2D eigenvalue weighted by atomic mass is 16.7. The van der Waals surface area contributed by atoms with Crippen LogP contribution >= 0.6 is 0 Å². The van der Waals surface area contributed by atoms with E-state index in [-0.39, 0.29) is 26.2 Å². The lowest BCUT2D eigenvalue weighted by molar-refractivity contribution is -0.259. The monoisotopic (exact) mass is 353 g/mol. The van der Waals surface area contributed by atoms with Crippen molar-refractivity contribution in [3.05, 3.63) is 0 Å². The minimum Gasteiger partial charge on any atom is -0.394 e.